The zero-order valence-corrected chi connectivity index (χ0v) is 18.5. The third-order valence-electron chi connectivity index (χ3n) is 4.99. The molecule has 0 aliphatic heterocycles. The second-order valence-electron chi connectivity index (χ2n) is 7.46. The van der Waals surface area contributed by atoms with Gasteiger partial charge in [-0.25, -0.2) is 0 Å². The molecule has 1 N–H and O–H groups in total. The summed E-state index contributed by atoms with van der Waals surface area (Å²) in [7, 11) is 1.56. The van der Waals surface area contributed by atoms with Gasteiger partial charge in [0.25, 0.3) is 5.91 Å². The molecule has 0 unspecified atom stereocenters. The lowest BCUT2D eigenvalue weighted by Crippen LogP contribution is -2.27. The molecule has 162 valence electrons. The SMILES string of the molecule is COc1cc(/C=C(\C#N)C(=O)N[C@H](C)c2ccccc2)ccc1OCc1cccc(C)c1. The molecule has 3 rings (SSSR count). The maximum absolute atomic E-state index is 12.6. The van der Waals surface area contributed by atoms with Gasteiger partial charge in [0, 0.05) is 0 Å². The molecule has 3 aromatic carbocycles. The van der Waals surface area contributed by atoms with Crippen LogP contribution in [0.25, 0.3) is 6.08 Å². The number of nitrogens with one attached hydrogen (secondary N) is 1. The van der Waals surface area contributed by atoms with Crippen LogP contribution < -0.4 is 14.8 Å². The maximum Gasteiger partial charge on any atom is 0.262 e. The van der Waals surface area contributed by atoms with Gasteiger partial charge in [-0.3, -0.25) is 4.79 Å². The largest absolute Gasteiger partial charge is 0.493 e. The van der Waals surface area contributed by atoms with E-state index >= 15 is 0 Å². The van der Waals surface area contributed by atoms with Crippen molar-refractivity contribution >= 4 is 12.0 Å². The molecule has 32 heavy (non-hydrogen) atoms. The van der Waals surface area contributed by atoms with E-state index in [9.17, 15) is 10.1 Å². The average molecular weight is 427 g/mol. The Balaban J connectivity index is 1.73. The molecule has 0 aromatic heterocycles. The molecule has 5 nitrogen and oxygen atoms in total. The highest BCUT2D eigenvalue weighted by molar-refractivity contribution is 6.01. The predicted molar refractivity (Wildman–Crippen MR) is 125 cm³/mol. The zero-order chi connectivity index (χ0) is 22.9. The smallest absolute Gasteiger partial charge is 0.262 e. The fraction of sp³-hybridized carbons (Fsp3) is 0.185. The minimum Gasteiger partial charge on any atom is -0.493 e. The van der Waals surface area contributed by atoms with Crippen molar-refractivity contribution in [2.75, 3.05) is 7.11 Å². The van der Waals surface area contributed by atoms with E-state index in [1.165, 1.54) is 5.56 Å². The highest BCUT2D eigenvalue weighted by atomic mass is 16.5. The zero-order valence-electron chi connectivity index (χ0n) is 18.5. The Bertz CT molecular complexity index is 1150. The van der Waals surface area contributed by atoms with Crippen molar-refractivity contribution in [2.45, 2.75) is 26.5 Å². The fourth-order valence-electron chi connectivity index (χ4n) is 3.27. The predicted octanol–water partition coefficient (Wildman–Crippen LogP) is 5.37. The van der Waals surface area contributed by atoms with Crippen molar-refractivity contribution in [1.82, 2.24) is 5.32 Å². The monoisotopic (exact) mass is 426 g/mol. The van der Waals surface area contributed by atoms with Crippen LogP contribution in [0.5, 0.6) is 11.5 Å². The average Bonchev–Trinajstić information content (AvgIpc) is 2.82. The van der Waals surface area contributed by atoms with Crippen LogP contribution in [0.4, 0.5) is 0 Å². The number of nitriles is 1. The molecule has 0 fully saturated rings. The van der Waals surface area contributed by atoms with E-state index in [4.69, 9.17) is 9.47 Å². The first-order valence-electron chi connectivity index (χ1n) is 10.3. The van der Waals surface area contributed by atoms with Crippen LogP contribution in [0.3, 0.4) is 0 Å². The molecular formula is C27H26N2O3. The quantitative estimate of drug-likeness (QED) is 0.388. The number of hydrogen-bond donors (Lipinski definition) is 1. The Kier molecular flexibility index (Phi) is 7.66. The molecule has 3 aromatic rings. The number of hydrogen-bond acceptors (Lipinski definition) is 4. The Morgan fingerprint density at radius 3 is 2.53 bits per heavy atom. The summed E-state index contributed by atoms with van der Waals surface area (Å²) in [6, 6.07) is 24.8. The van der Waals surface area contributed by atoms with Crippen LogP contribution in [0.2, 0.25) is 0 Å². The summed E-state index contributed by atoms with van der Waals surface area (Å²) < 4.78 is 11.4. The van der Waals surface area contributed by atoms with Crippen molar-refractivity contribution in [1.29, 1.82) is 5.26 Å². The molecule has 0 bridgehead atoms. The van der Waals surface area contributed by atoms with Gasteiger partial charge >= 0.3 is 0 Å². The van der Waals surface area contributed by atoms with Gasteiger partial charge in [0.1, 0.15) is 18.2 Å². The fourth-order valence-corrected chi connectivity index (χ4v) is 3.27. The Labute approximate surface area is 188 Å². The van der Waals surface area contributed by atoms with E-state index in [1.807, 2.05) is 68.4 Å². The summed E-state index contributed by atoms with van der Waals surface area (Å²) in [5.41, 5.74) is 3.89. The van der Waals surface area contributed by atoms with Crippen molar-refractivity contribution in [3.8, 4) is 17.6 Å². The van der Waals surface area contributed by atoms with E-state index in [1.54, 1.807) is 31.4 Å². The number of rotatable bonds is 8. The van der Waals surface area contributed by atoms with E-state index in [0.29, 0.717) is 23.7 Å². The second kappa shape index (κ2) is 10.8. The molecule has 0 saturated carbocycles. The maximum atomic E-state index is 12.6. The van der Waals surface area contributed by atoms with Crippen LogP contribution in [-0.2, 0) is 11.4 Å². The first-order chi connectivity index (χ1) is 15.5. The van der Waals surface area contributed by atoms with Gasteiger partial charge in [0.2, 0.25) is 0 Å². The van der Waals surface area contributed by atoms with Crippen molar-refractivity contribution in [3.63, 3.8) is 0 Å². The molecule has 5 heteroatoms. The number of amides is 1. The summed E-state index contributed by atoms with van der Waals surface area (Å²) in [6.07, 6.45) is 1.54. The van der Waals surface area contributed by atoms with Crippen LogP contribution >= 0.6 is 0 Å². The molecule has 0 saturated heterocycles. The molecule has 0 aliphatic carbocycles. The Hall–Kier alpha value is -4.04. The Morgan fingerprint density at radius 1 is 1.06 bits per heavy atom. The third-order valence-corrected chi connectivity index (χ3v) is 4.99. The van der Waals surface area contributed by atoms with E-state index < -0.39 is 5.91 Å². The van der Waals surface area contributed by atoms with Gasteiger partial charge in [-0.1, -0.05) is 66.2 Å². The number of aryl methyl sites for hydroxylation is 1. The molecule has 0 aliphatic rings. The number of methoxy groups -OCH3 is 1. The first kappa shape index (κ1) is 22.6. The number of nitrogens with zero attached hydrogens (tertiary/aromatic N) is 1. The molecule has 1 amide bonds. The lowest BCUT2D eigenvalue weighted by atomic mass is 10.1. The molecular weight excluding hydrogens is 400 g/mol. The normalized spacial score (nSPS) is 11.9. The highest BCUT2D eigenvalue weighted by Crippen LogP contribution is 2.30. The van der Waals surface area contributed by atoms with E-state index in [2.05, 4.69) is 11.4 Å². The van der Waals surface area contributed by atoms with Crippen molar-refractivity contribution in [2.24, 2.45) is 0 Å². The van der Waals surface area contributed by atoms with Gasteiger partial charge in [-0.15, -0.1) is 0 Å². The van der Waals surface area contributed by atoms with E-state index in [-0.39, 0.29) is 11.6 Å². The number of carbonyl (C=O) groups is 1. The number of carbonyl (C=O) groups excluding carboxylic acids is 1. The molecule has 0 heterocycles. The summed E-state index contributed by atoms with van der Waals surface area (Å²) in [6.45, 7) is 4.33. The van der Waals surface area contributed by atoms with E-state index in [0.717, 1.165) is 11.1 Å². The minimum absolute atomic E-state index is 0.0169. The van der Waals surface area contributed by atoms with Gasteiger partial charge < -0.3 is 14.8 Å². The standard InChI is InChI=1S/C27H26N2O3/c1-19-8-7-9-22(14-19)18-32-25-13-12-21(16-26(25)31-3)15-24(17-28)27(30)29-20(2)23-10-5-4-6-11-23/h4-16,20H,18H2,1-3H3,(H,29,30)/b24-15+/t20-/m1/s1. The summed E-state index contributed by atoms with van der Waals surface area (Å²) in [4.78, 5) is 12.6. The van der Waals surface area contributed by atoms with Gasteiger partial charge in [-0.2, -0.15) is 5.26 Å². The minimum atomic E-state index is -0.428. The summed E-state index contributed by atoms with van der Waals surface area (Å²) in [5, 5.41) is 12.4. The number of ether oxygens (including phenoxy) is 2. The molecule has 0 spiro atoms. The summed E-state index contributed by atoms with van der Waals surface area (Å²) >= 11 is 0. The number of benzene rings is 3. The third kappa shape index (κ3) is 5.99. The van der Waals surface area contributed by atoms with Crippen LogP contribution in [0, 0.1) is 18.3 Å². The van der Waals surface area contributed by atoms with Crippen LogP contribution in [0.1, 0.15) is 35.2 Å². The molecule has 1 atom stereocenters. The second-order valence-corrected chi connectivity index (χ2v) is 7.46. The van der Waals surface area contributed by atoms with Crippen LogP contribution in [-0.4, -0.2) is 13.0 Å². The molecule has 0 radical (unpaired) electrons. The van der Waals surface area contributed by atoms with Crippen molar-refractivity contribution in [3.05, 3.63) is 101 Å². The first-order valence-corrected chi connectivity index (χ1v) is 10.3. The van der Waals surface area contributed by atoms with Crippen molar-refractivity contribution < 1.29 is 14.3 Å². The van der Waals surface area contributed by atoms with Gasteiger partial charge in [0.05, 0.1) is 13.2 Å². The lowest BCUT2D eigenvalue weighted by Gasteiger charge is -2.14. The lowest BCUT2D eigenvalue weighted by molar-refractivity contribution is -0.117. The summed E-state index contributed by atoms with van der Waals surface area (Å²) in [5.74, 6) is 0.691. The van der Waals surface area contributed by atoms with Crippen LogP contribution in [0.15, 0.2) is 78.4 Å². The van der Waals surface area contributed by atoms with Gasteiger partial charge in [0.15, 0.2) is 11.5 Å². The Morgan fingerprint density at radius 2 is 1.84 bits per heavy atom. The topological polar surface area (TPSA) is 71.3 Å². The van der Waals surface area contributed by atoms with Gasteiger partial charge in [-0.05, 0) is 48.7 Å². The highest BCUT2D eigenvalue weighted by Gasteiger charge is 2.14.